The van der Waals surface area contributed by atoms with Gasteiger partial charge in [0.15, 0.2) is 0 Å². The summed E-state index contributed by atoms with van der Waals surface area (Å²) in [5.74, 6) is 0. The highest BCUT2D eigenvalue weighted by molar-refractivity contribution is 9.10. The Morgan fingerprint density at radius 2 is 2.22 bits per heavy atom. The van der Waals surface area contributed by atoms with E-state index in [0.29, 0.717) is 5.56 Å². The van der Waals surface area contributed by atoms with Crippen LogP contribution in [-0.2, 0) is 0 Å². The largest absolute Gasteiger partial charge is 0.394 e. The highest BCUT2D eigenvalue weighted by Crippen LogP contribution is 2.28. The topological polar surface area (TPSA) is 47.3 Å². The zero-order valence-corrected chi connectivity index (χ0v) is 11.9. The average molecular weight is 309 g/mol. The van der Waals surface area contributed by atoms with E-state index >= 15 is 0 Å². The molecule has 1 atom stereocenters. The molecule has 1 fully saturated rings. The first-order chi connectivity index (χ1) is 8.76. The lowest BCUT2D eigenvalue weighted by atomic mass is 10.1. The summed E-state index contributed by atoms with van der Waals surface area (Å²) in [5, 5.41) is 18.4. The van der Waals surface area contributed by atoms with Gasteiger partial charge in [0.05, 0.1) is 18.2 Å². The Morgan fingerprint density at radius 3 is 2.89 bits per heavy atom. The number of benzene rings is 1. The van der Waals surface area contributed by atoms with Gasteiger partial charge < -0.3 is 10.0 Å². The molecule has 0 bridgehead atoms. The minimum atomic E-state index is 0.192. The van der Waals surface area contributed by atoms with Crippen LogP contribution in [0.15, 0.2) is 22.7 Å². The maximum absolute atomic E-state index is 9.51. The Balaban J connectivity index is 2.28. The number of aliphatic hydroxyl groups excluding tert-OH is 1. The standard InChI is InChI=1S/C14H17BrN2O/c15-14-8-12(6-5-11(14)9-16)17-7-3-1-2-4-13(17)10-18/h5-6,8,13,18H,1-4,7,10H2. The number of hydrogen-bond donors (Lipinski definition) is 1. The van der Waals surface area contributed by atoms with Crippen LogP contribution in [0.3, 0.4) is 0 Å². The Kier molecular flexibility index (Phi) is 4.62. The maximum atomic E-state index is 9.51. The van der Waals surface area contributed by atoms with Crippen LogP contribution in [0.5, 0.6) is 0 Å². The highest BCUT2D eigenvalue weighted by atomic mass is 79.9. The van der Waals surface area contributed by atoms with Crippen LogP contribution in [0, 0.1) is 11.3 Å². The van der Waals surface area contributed by atoms with Crippen molar-refractivity contribution >= 4 is 21.6 Å². The van der Waals surface area contributed by atoms with E-state index in [-0.39, 0.29) is 12.6 Å². The number of nitrogens with zero attached hydrogens (tertiary/aromatic N) is 2. The van der Waals surface area contributed by atoms with Crippen molar-refractivity contribution in [3.8, 4) is 6.07 Å². The lowest BCUT2D eigenvalue weighted by molar-refractivity contribution is 0.255. The second-order valence-corrected chi connectivity index (χ2v) is 5.51. The molecule has 18 heavy (non-hydrogen) atoms. The van der Waals surface area contributed by atoms with E-state index in [4.69, 9.17) is 5.26 Å². The van der Waals surface area contributed by atoms with Crippen molar-refractivity contribution in [1.82, 2.24) is 0 Å². The number of hydrogen-bond acceptors (Lipinski definition) is 3. The minimum Gasteiger partial charge on any atom is -0.394 e. The van der Waals surface area contributed by atoms with Crippen molar-refractivity contribution < 1.29 is 5.11 Å². The van der Waals surface area contributed by atoms with E-state index < -0.39 is 0 Å². The molecule has 0 aliphatic carbocycles. The fraction of sp³-hybridized carbons (Fsp3) is 0.500. The molecule has 0 saturated carbocycles. The summed E-state index contributed by atoms with van der Waals surface area (Å²) in [6.07, 6.45) is 4.60. The SMILES string of the molecule is N#Cc1ccc(N2CCCCCC2CO)cc1Br. The molecule has 1 aromatic carbocycles. The van der Waals surface area contributed by atoms with E-state index in [1.165, 1.54) is 12.8 Å². The van der Waals surface area contributed by atoms with Crippen molar-refractivity contribution in [1.29, 1.82) is 5.26 Å². The molecule has 0 radical (unpaired) electrons. The monoisotopic (exact) mass is 308 g/mol. The predicted molar refractivity (Wildman–Crippen MR) is 75.5 cm³/mol. The number of nitriles is 1. The molecule has 1 saturated heterocycles. The molecule has 1 unspecified atom stereocenters. The first kappa shape index (κ1) is 13.4. The van der Waals surface area contributed by atoms with Crippen molar-refractivity contribution in [2.24, 2.45) is 0 Å². The summed E-state index contributed by atoms with van der Waals surface area (Å²) >= 11 is 3.42. The third-order valence-corrected chi connectivity index (χ3v) is 4.15. The summed E-state index contributed by atoms with van der Waals surface area (Å²) in [7, 11) is 0. The average Bonchev–Trinajstić information content (AvgIpc) is 2.63. The molecule has 1 aliphatic heterocycles. The Labute approximate surface area is 116 Å². The van der Waals surface area contributed by atoms with Gasteiger partial charge in [-0.3, -0.25) is 0 Å². The third kappa shape index (κ3) is 2.85. The number of rotatable bonds is 2. The molecular weight excluding hydrogens is 292 g/mol. The molecule has 1 heterocycles. The molecule has 4 heteroatoms. The first-order valence-electron chi connectivity index (χ1n) is 6.33. The predicted octanol–water partition coefficient (Wildman–Crippen LogP) is 3.06. The van der Waals surface area contributed by atoms with E-state index in [0.717, 1.165) is 29.5 Å². The number of anilines is 1. The zero-order chi connectivity index (χ0) is 13.0. The van der Waals surface area contributed by atoms with Gasteiger partial charge in [-0.25, -0.2) is 0 Å². The van der Waals surface area contributed by atoms with Crippen LogP contribution in [0.2, 0.25) is 0 Å². The smallest absolute Gasteiger partial charge is 0.100 e. The van der Waals surface area contributed by atoms with Gasteiger partial charge in [-0.15, -0.1) is 0 Å². The van der Waals surface area contributed by atoms with Gasteiger partial charge in [-0.2, -0.15) is 5.26 Å². The summed E-state index contributed by atoms with van der Waals surface area (Å²) in [6, 6.07) is 8.13. The van der Waals surface area contributed by atoms with E-state index in [9.17, 15) is 5.11 Å². The normalized spacial score (nSPS) is 20.3. The molecule has 1 aromatic rings. The van der Waals surface area contributed by atoms with Gasteiger partial charge in [0.25, 0.3) is 0 Å². The van der Waals surface area contributed by atoms with E-state index in [1.807, 2.05) is 18.2 Å². The first-order valence-corrected chi connectivity index (χ1v) is 7.12. The molecule has 2 rings (SSSR count). The van der Waals surface area contributed by atoms with Crippen LogP contribution < -0.4 is 4.90 Å². The van der Waals surface area contributed by atoms with Crippen molar-refractivity contribution in [3.63, 3.8) is 0 Å². The number of halogens is 1. The molecule has 1 aliphatic rings. The van der Waals surface area contributed by atoms with Crippen molar-refractivity contribution in [2.75, 3.05) is 18.1 Å². The van der Waals surface area contributed by atoms with Crippen LogP contribution in [-0.4, -0.2) is 24.3 Å². The quantitative estimate of drug-likeness (QED) is 0.913. The lowest BCUT2D eigenvalue weighted by Gasteiger charge is -2.31. The highest BCUT2D eigenvalue weighted by Gasteiger charge is 2.20. The fourth-order valence-corrected chi connectivity index (χ4v) is 2.94. The van der Waals surface area contributed by atoms with Crippen LogP contribution in [0.1, 0.15) is 31.2 Å². The lowest BCUT2D eigenvalue weighted by Crippen LogP contribution is -2.37. The molecule has 0 spiro atoms. The van der Waals surface area contributed by atoms with Crippen molar-refractivity contribution in [3.05, 3.63) is 28.2 Å². The van der Waals surface area contributed by atoms with Gasteiger partial charge in [-0.05, 0) is 47.0 Å². The Hall–Kier alpha value is -1.05. The summed E-state index contributed by atoms with van der Waals surface area (Å²) < 4.78 is 0.823. The zero-order valence-electron chi connectivity index (χ0n) is 10.3. The van der Waals surface area contributed by atoms with Gasteiger partial charge in [-0.1, -0.05) is 12.8 Å². The molecule has 0 amide bonds. The Bertz CT molecular complexity index is 456. The second kappa shape index (κ2) is 6.21. The van der Waals surface area contributed by atoms with Gasteiger partial charge in [0.2, 0.25) is 0 Å². The third-order valence-electron chi connectivity index (χ3n) is 3.49. The molecule has 0 aromatic heterocycles. The second-order valence-electron chi connectivity index (χ2n) is 4.66. The summed E-state index contributed by atoms with van der Waals surface area (Å²) in [5.41, 5.74) is 1.73. The molecule has 96 valence electrons. The van der Waals surface area contributed by atoms with Gasteiger partial charge >= 0.3 is 0 Å². The summed E-state index contributed by atoms with van der Waals surface area (Å²) in [6.45, 7) is 1.17. The van der Waals surface area contributed by atoms with E-state index in [2.05, 4.69) is 26.9 Å². The molecule has 1 N–H and O–H groups in total. The fourth-order valence-electron chi connectivity index (χ4n) is 2.48. The number of aliphatic hydroxyl groups is 1. The molecule has 3 nitrogen and oxygen atoms in total. The molecular formula is C14H17BrN2O. The van der Waals surface area contributed by atoms with Gasteiger partial charge in [0, 0.05) is 16.7 Å². The van der Waals surface area contributed by atoms with E-state index in [1.54, 1.807) is 0 Å². The van der Waals surface area contributed by atoms with Crippen LogP contribution in [0.25, 0.3) is 0 Å². The maximum Gasteiger partial charge on any atom is 0.100 e. The van der Waals surface area contributed by atoms with Crippen molar-refractivity contribution in [2.45, 2.75) is 31.7 Å². The van der Waals surface area contributed by atoms with Crippen LogP contribution >= 0.6 is 15.9 Å². The minimum absolute atomic E-state index is 0.192. The van der Waals surface area contributed by atoms with Gasteiger partial charge in [0.1, 0.15) is 6.07 Å². The Morgan fingerprint density at radius 1 is 1.39 bits per heavy atom. The summed E-state index contributed by atoms with van der Waals surface area (Å²) in [4.78, 5) is 2.26. The van der Waals surface area contributed by atoms with Crippen LogP contribution in [0.4, 0.5) is 5.69 Å².